The highest BCUT2D eigenvalue weighted by atomic mass is 16.4. The Labute approximate surface area is 190 Å². The van der Waals surface area contributed by atoms with Gasteiger partial charge in [0.2, 0.25) is 11.9 Å². The first kappa shape index (κ1) is 21.0. The van der Waals surface area contributed by atoms with Crippen LogP contribution in [0.1, 0.15) is 31.4 Å². The molecule has 1 saturated heterocycles. The molecule has 1 aliphatic heterocycles. The van der Waals surface area contributed by atoms with Crippen molar-refractivity contribution in [3.05, 3.63) is 30.1 Å². The van der Waals surface area contributed by atoms with Crippen molar-refractivity contribution in [2.24, 2.45) is 0 Å². The number of H-pyrrole nitrogens is 1. The Morgan fingerprint density at radius 2 is 1.94 bits per heavy atom. The number of carbonyl (C=O) groups is 2. The molecule has 1 saturated carbocycles. The number of amides is 2. The Bertz CT molecular complexity index is 1170. The third-order valence-corrected chi connectivity index (χ3v) is 6.39. The molecule has 0 aromatic carbocycles. The van der Waals surface area contributed by atoms with Crippen LogP contribution in [0.15, 0.2) is 24.4 Å². The summed E-state index contributed by atoms with van der Waals surface area (Å²) >= 11 is 0. The summed E-state index contributed by atoms with van der Waals surface area (Å²) in [4.78, 5) is 33.1. The van der Waals surface area contributed by atoms with Crippen LogP contribution < -0.4 is 15.5 Å². The van der Waals surface area contributed by atoms with Gasteiger partial charge < -0.3 is 25.5 Å². The first-order valence-corrected chi connectivity index (χ1v) is 11.1. The van der Waals surface area contributed by atoms with Crippen molar-refractivity contribution in [2.45, 2.75) is 38.1 Å². The Morgan fingerprint density at radius 3 is 2.61 bits per heavy atom. The van der Waals surface area contributed by atoms with E-state index in [1.54, 1.807) is 9.42 Å². The lowest BCUT2D eigenvalue weighted by molar-refractivity contribution is -0.138. The summed E-state index contributed by atoms with van der Waals surface area (Å²) in [6, 6.07) is 5.73. The lowest BCUT2D eigenvalue weighted by Gasteiger charge is -2.39. The highest BCUT2D eigenvalue weighted by molar-refractivity contribution is 5.90. The summed E-state index contributed by atoms with van der Waals surface area (Å²) in [7, 11) is 0. The molecule has 0 unspecified atom stereocenters. The molecule has 2 fully saturated rings. The number of piperazine rings is 1. The summed E-state index contributed by atoms with van der Waals surface area (Å²) in [6.07, 6.45) is 3.51. The van der Waals surface area contributed by atoms with Gasteiger partial charge >= 0.3 is 6.09 Å². The minimum absolute atomic E-state index is 0.125. The maximum absolute atomic E-state index is 13.2. The van der Waals surface area contributed by atoms with Crippen LogP contribution in [0.25, 0.3) is 5.52 Å². The summed E-state index contributed by atoms with van der Waals surface area (Å²) in [6.45, 7) is 4.01. The molecular formula is C21H27N9O3. The average molecular weight is 454 g/mol. The van der Waals surface area contributed by atoms with Gasteiger partial charge in [0.25, 0.3) is 0 Å². The number of aromatic amines is 1. The molecule has 4 heterocycles. The van der Waals surface area contributed by atoms with Gasteiger partial charge in [-0.05, 0) is 31.9 Å². The SMILES string of the molecule is Cc1cc(Nc2nc(N3CCN(C(=O)C4(NC(=O)O)CCCC4)CC3)nn3cccc23)n[nH]1. The molecule has 0 spiro atoms. The zero-order valence-electron chi connectivity index (χ0n) is 18.4. The van der Waals surface area contributed by atoms with Crippen molar-refractivity contribution in [1.82, 2.24) is 35.0 Å². The molecule has 33 heavy (non-hydrogen) atoms. The molecule has 2 aliphatic rings. The predicted molar refractivity (Wildman–Crippen MR) is 121 cm³/mol. The van der Waals surface area contributed by atoms with Crippen LogP contribution in [0, 0.1) is 6.92 Å². The number of nitrogens with one attached hydrogen (secondary N) is 3. The van der Waals surface area contributed by atoms with Crippen molar-refractivity contribution < 1.29 is 14.7 Å². The predicted octanol–water partition coefficient (Wildman–Crippen LogP) is 1.73. The van der Waals surface area contributed by atoms with Gasteiger partial charge in [0.05, 0.1) is 0 Å². The Kier molecular flexibility index (Phi) is 5.27. The Balaban J connectivity index is 1.32. The maximum atomic E-state index is 13.2. The van der Waals surface area contributed by atoms with Crippen molar-refractivity contribution in [3.8, 4) is 0 Å². The largest absolute Gasteiger partial charge is 0.465 e. The van der Waals surface area contributed by atoms with Gasteiger partial charge in [0.15, 0.2) is 11.6 Å². The highest BCUT2D eigenvalue weighted by Crippen LogP contribution is 2.32. The molecule has 1 aliphatic carbocycles. The normalized spacial score (nSPS) is 18.0. The van der Waals surface area contributed by atoms with E-state index in [1.807, 2.05) is 36.2 Å². The molecule has 3 aromatic heterocycles. The molecule has 12 nitrogen and oxygen atoms in total. The number of rotatable bonds is 5. The fourth-order valence-electron chi connectivity index (χ4n) is 4.74. The van der Waals surface area contributed by atoms with Crippen LogP contribution in [0.4, 0.5) is 22.4 Å². The van der Waals surface area contributed by atoms with Gasteiger partial charge in [-0.15, -0.1) is 5.10 Å². The fourth-order valence-corrected chi connectivity index (χ4v) is 4.74. The molecule has 3 aromatic rings. The third-order valence-electron chi connectivity index (χ3n) is 6.39. The number of hydrogen-bond donors (Lipinski definition) is 4. The van der Waals surface area contributed by atoms with E-state index in [9.17, 15) is 14.7 Å². The van der Waals surface area contributed by atoms with E-state index >= 15 is 0 Å². The number of carbonyl (C=O) groups excluding carboxylic acids is 1. The zero-order chi connectivity index (χ0) is 23.0. The Morgan fingerprint density at radius 1 is 1.18 bits per heavy atom. The minimum Gasteiger partial charge on any atom is -0.465 e. The number of nitrogens with zero attached hydrogens (tertiary/aromatic N) is 6. The summed E-state index contributed by atoms with van der Waals surface area (Å²) in [5.74, 6) is 1.74. The van der Waals surface area contributed by atoms with Crippen LogP contribution in [-0.2, 0) is 4.79 Å². The van der Waals surface area contributed by atoms with E-state index < -0.39 is 11.6 Å². The smallest absolute Gasteiger partial charge is 0.405 e. The first-order chi connectivity index (χ1) is 15.9. The van der Waals surface area contributed by atoms with E-state index in [0.717, 1.165) is 24.1 Å². The molecule has 4 N–H and O–H groups in total. The standard InChI is InChI=1S/C21H27N9O3/c1-14-13-16(26-25-14)22-17-15-5-4-8-30(15)27-19(23-17)29-11-9-28(10-12-29)18(31)21(24-20(32)33)6-2-3-7-21/h4-5,8,13,24H,2-3,6-7,9-12H2,1H3,(H,32,33)(H2,22,23,25,26,27). The van der Waals surface area contributed by atoms with Gasteiger partial charge in [-0.3, -0.25) is 9.89 Å². The van der Waals surface area contributed by atoms with Crippen LogP contribution in [0.2, 0.25) is 0 Å². The van der Waals surface area contributed by atoms with Gasteiger partial charge in [-0.1, -0.05) is 12.8 Å². The topological polar surface area (TPSA) is 144 Å². The molecule has 0 atom stereocenters. The fraction of sp³-hybridized carbons (Fsp3) is 0.476. The molecule has 0 radical (unpaired) electrons. The zero-order valence-corrected chi connectivity index (χ0v) is 18.4. The number of anilines is 3. The highest BCUT2D eigenvalue weighted by Gasteiger charge is 2.45. The molecule has 12 heteroatoms. The summed E-state index contributed by atoms with van der Waals surface area (Å²) in [5, 5.41) is 26.8. The van der Waals surface area contributed by atoms with Crippen molar-refractivity contribution in [2.75, 3.05) is 36.4 Å². The van der Waals surface area contributed by atoms with Crippen molar-refractivity contribution in [3.63, 3.8) is 0 Å². The van der Waals surface area contributed by atoms with Gasteiger partial charge in [-0.2, -0.15) is 10.1 Å². The van der Waals surface area contributed by atoms with E-state index in [1.165, 1.54) is 0 Å². The van der Waals surface area contributed by atoms with Crippen LogP contribution >= 0.6 is 0 Å². The van der Waals surface area contributed by atoms with Crippen molar-refractivity contribution in [1.29, 1.82) is 0 Å². The van der Waals surface area contributed by atoms with E-state index in [0.29, 0.717) is 56.6 Å². The minimum atomic E-state index is -1.15. The maximum Gasteiger partial charge on any atom is 0.405 e. The van der Waals surface area contributed by atoms with Gasteiger partial charge in [0, 0.05) is 44.1 Å². The lowest BCUT2D eigenvalue weighted by atomic mass is 9.95. The summed E-state index contributed by atoms with van der Waals surface area (Å²) < 4.78 is 1.77. The second-order valence-electron chi connectivity index (χ2n) is 8.66. The molecule has 0 bridgehead atoms. The van der Waals surface area contributed by atoms with E-state index in [2.05, 4.69) is 25.9 Å². The number of hydrogen-bond acceptors (Lipinski definition) is 7. The molecule has 5 rings (SSSR count). The van der Waals surface area contributed by atoms with Crippen LogP contribution in [0.3, 0.4) is 0 Å². The second-order valence-corrected chi connectivity index (χ2v) is 8.66. The quantitative estimate of drug-likeness (QED) is 0.457. The van der Waals surface area contributed by atoms with E-state index in [-0.39, 0.29) is 5.91 Å². The summed E-state index contributed by atoms with van der Waals surface area (Å²) in [5.41, 5.74) is 0.778. The van der Waals surface area contributed by atoms with Crippen molar-refractivity contribution >= 4 is 35.1 Å². The first-order valence-electron chi connectivity index (χ1n) is 11.1. The number of carboxylic acid groups (broad SMARTS) is 1. The average Bonchev–Trinajstić information content (AvgIpc) is 3.55. The lowest BCUT2D eigenvalue weighted by Crippen LogP contribution is -2.61. The monoisotopic (exact) mass is 453 g/mol. The Hall–Kier alpha value is -3.83. The van der Waals surface area contributed by atoms with Crippen LogP contribution in [-0.4, -0.2) is 78.5 Å². The number of aryl methyl sites for hydroxylation is 1. The van der Waals surface area contributed by atoms with Crippen LogP contribution in [0.5, 0.6) is 0 Å². The number of fused-ring (bicyclic) bond motifs is 1. The second kappa shape index (κ2) is 8.26. The van der Waals surface area contributed by atoms with Gasteiger partial charge in [-0.25, -0.2) is 9.31 Å². The molecular weight excluding hydrogens is 426 g/mol. The van der Waals surface area contributed by atoms with E-state index in [4.69, 9.17) is 4.98 Å². The third kappa shape index (κ3) is 4.03. The number of aromatic nitrogens is 5. The van der Waals surface area contributed by atoms with Gasteiger partial charge in [0.1, 0.15) is 11.1 Å². The molecule has 2 amide bonds. The molecule has 174 valence electrons.